The van der Waals surface area contributed by atoms with Crippen LogP contribution in [0.5, 0.6) is 11.5 Å². The van der Waals surface area contributed by atoms with Gasteiger partial charge in [-0.3, -0.25) is 0 Å². The van der Waals surface area contributed by atoms with Crippen molar-refractivity contribution in [3.8, 4) is 34.0 Å². The fraction of sp³-hybridized carbons (Fsp3) is 0.357. The van der Waals surface area contributed by atoms with Gasteiger partial charge in [0.15, 0.2) is 0 Å². The number of nitrogens with zero attached hydrogens (tertiary/aromatic N) is 2. The van der Waals surface area contributed by atoms with Gasteiger partial charge < -0.3 is 10.2 Å². The molecular formula is C28H32N2O2S2. The van der Waals surface area contributed by atoms with E-state index in [2.05, 4.69) is 62.3 Å². The molecule has 2 heterocycles. The maximum atomic E-state index is 10.9. The molecular weight excluding hydrogens is 460 g/mol. The first-order valence-corrected chi connectivity index (χ1v) is 13.3. The van der Waals surface area contributed by atoms with Crippen molar-refractivity contribution >= 4 is 22.7 Å². The quantitative estimate of drug-likeness (QED) is 0.299. The predicted octanol–water partition coefficient (Wildman–Crippen LogP) is 7.73. The lowest BCUT2D eigenvalue weighted by Crippen LogP contribution is -2.18. The second-order valence-electron chi connectivity index (χ2n) is 10.7. The Labute approximate surface area is 210 Å². The normalized spacial score (nSPS) is 12.3. The maximum absolute atomic E-state index is 10.9. The molecule has 6 heteroatoms. The monoisotopic (exact) mass is 492 g/mol. The van der Waals surface area contributed by atoms with Crippen LogP contribution in [0, 0.1) is 0 Å². The second-order valence-corrected chi connectivity index (χ2v) is 12.2. The molecule has 34 heavy (non-hydrogen) atoms. The van der Waals surface area contributed by atoms with Gasteiger partial charge in [0, 0.05) is 33.0 Å². The molecule has 2 N–H and O–H groups in total. The fourth-order valence-corrected chi connectivity index (χ4v) is 5.99. The molecule has 0 saturated carbocycles. The van der Waals surface area contributed by atoms with E-state index < -0.39 is 0 Å². The molecule has 0 bridgehead atoms. The molecule has 0 spiro atoms. The summed E-state index contributed by atoms with van der Waals surface area (Å²) in [6, 6.07) is 7.52. The van der Waals surface area contributed by atoms with Crippen LogP contribution in [0.25, 0.3) is 22.5 Å². The van der Waals surface area contributed by atoms with Gasteiger partial charge in [0.2, 0.25) is 0 Å². The molecule has 2 aromatic heterocycles. The van der Waals surface area contributed by atoms with Crippen LogP contribution in [0.1, 0.15) is 63.8 Å². The Hall–Kier alpha value is -2.70. The van der Waals surface area contributed by atoms with E-state index in [0.29, 0.717) is 24.3 Å². The lowest BCUT2D eigenvalue weighted by atomic mass is 9.77. The van der Waals surface area contributed by atoms with E-state index in [4.69, 9.17) is 0 Å². The van der Waals surface area contributed by atoms with E-state index in [-0.39, 0.29) is 10.8 Å². The van der Waals surface area contributed by atoms with Crippen molar-refractivity contribution in [3.05, 3.63) is 68.3 Å². The third kappa shape index (κ3) is 4.75. The number of phenolic OH excluding ortho intramolecular Hbond substituents is 2. The van der Waals surface area contributed by atoms with E-state index in [0.717, 1.165) is 44.8 Å². The maximum Gasteiger partial charge on any atom is 0.119 e. The molecule has 0 aliphatic rings. The van der Waals surface area contributed by atoms with Gasteiger partial charge in [-0.1, -0.05) is 41.5 Å². The first-order valence-electron chi connectivity index (χ1n) is 11.5. The Bertz CT molecular complexity index is 1180. The number of hydrogen-bond donors (Lipinski definition) is 2. The van der Waals surface area contributed by atoms with Gasteiger partial charge in [0.05, 0.1) is 22.4 Å². The summed E-state index contributed by atoms with van der Waals surface area (Å²) in [5, 5.41) is 25.9. The molecule has 0 atom stereocenters. The molecule has 0 unspecified atom stereocenters. The van der Waals surface area contributed by atoms with E-state index in [1.807, 2.05) is 23.2 Å². The largest absolute Gasteiger partial charge is 0.508 e. The van der Waals surface area contributed by atoms with E-state index in [1.165, 1.54) is 0 Å². The summed E-state index contributed by atoms with van der Waals surface area (Å²) in [6.45, 7) is 12.8. The molecule has 0 amide bonds. The minimum Gasteiger partial charge on any atom is -0.508 e. The lowest BCUT2D eigenvalue weighted by Gasteiger charge is -2.28. The van der Waals surface area contributed by atoms with E-state index >= 15 is 0 Å². The van der Waals surface area contributed by atoms with Crippen LogP contribution in [-0.2, 0) is 23.7 Å². The van der Waals surface area contributed by atoms with Crippen molar-refractivity contribution in [3.63, 3.8) is 0 Å². The Morgan fingerprint density at radius 1 is 0.647 bits per heavy atom. The predicted molar refractivity (Wildman–Crippen MR) is 143 cm³/mol. The van der Waals surface area contributed by atoms with Crippen molar-refractivity contribution in [2.45, 2.75) is 65.2 Å². The van der Waals surface area contributed by atoms with Crippen molar-refractivity contribution in [1.29, 1.82) is 0 Å². The number of aromatic hydroxyl groups is 2. The topological polar surface area (TPSA) is 66.2 Å². The molecule has 2 aromatic carbocycles. The highest BCUT2D eigenvalue weighted by Gasteiger charge is 2.28. The number of aromatic nitrogens is 2. The molecule has 4 rings (SSSR count). The van der Waals surface area contributed by atoms with Gasteiger partial charge in [-0.15, -0.1) is 22.7 Å². The summed E-state index contributed by atoms with van der Waals surface area (Å²) >= 11 is 3.14. The zero-order chi connectivity index (χ0) is 24.7. The van der Waals surface area contributed by atoms with Crippen LogP contribution in [0.4, 0.5) is 0 Å². The van der Waals surface area contributed by atoms with Gasteiger partial charge >= 0.3 is 0 Å². The Kier molecular flexibility index (Phi) is 6.58. The number of benzene rings is 2. The molecule has 0 saturated heterocycles. The van der Waals surface area contributed by atoms with E-state index in [9.17, 15) is 10.2 Å². The van der Waals surface area contributed by atoms with Crippen LogP contribution in [-0.4, -0.2) is 20.2 Å². The minimum absolute atomic E-state index is 0.241. The second kappa shape index (κ2) is 9.16. The summed E-state index contributed by atoms with van der Waals surface area (Å²) in [7, 11) is 0. The third-order valence-electron chi connectivity index (χ3n) is 6.12. The van der Waals surface area contributed by atoms with Gasteiger partial charge in [-0.2, -0.15) is 0 Å². The SMILES string of the molecule is CC(C)(C)c1c(O)ccc(-c2cscn2)c1CCc1c(-c2cscn2)ccc(O)c1C(C)(C)C. The van der Waals surface area contributed by atoms with Gasteiger partial charge in [0.25, 0.3) is 0 Å². The number of hydrogen-bond acceptors (Lipinski definition) is 6. The zero-order valence-electron chi connectivity index (χ0n) is 20.6. The van der Waals surface area contributed by atoms with Crippen LogP contribution in [0.2, 0.25) is 0 Å². The molecule has 4 aromatic rings. The molecule has 4 nitrogen and oxygen atoms in total. The highest BCUT2D eigenvalue weighted by Crippen LogP contribution is 2.43. The molecule has 0 aliphatic heterocycles. The van der Waals surface area contributed by atoms with E-state index in [1.54, 1.807) is 34.8 Å². The Morgan fingerprint density at radius 3 is 1.32 bits per heavy atom. The summed E-state index contributed by atoms with van der Waals surface area (Å²) in [6.07, 6.45) is 1.41. The Balaban J connectivity index is 1.90. The van der Waals surface area contributed by atoms with Crippen LogP contribution < -0.4 is 0 Å². The minimum atomic E-state index is -0.241. The molecule has 0 fully saturated rings. The lowest BCUT2D eigenvalue weighted by molar-refractivity contribution is 0.441. The fourth-order valence-electron chi connectivity index (χ4n) is 4.89. The highest BCUT2D eigenvalue weighted by molar-refractivity contribution is 7.08. The number of phenols is 2. The van der Waals surface area contributed by atoms with Crippen LogP contribution in [0.3, 0.4) is 0 Å². The standard InChI is InChI=1S/C28H32N2O2S2/c1-27(2,3)25-19(17(9-11-23(25)31)21-13-33-15-29-21)7-8-20-18(22-14-34-16-30-22)10-12-24(32)26(20)28(4,5)6/h9-16,31-32H,7-8H2,1-6H3. The van der Waals surface area contributed by atoms with Gasteiger partial charge in [-0.05, 0) is 59.1 Å². The third-order valence-corrected chi connectivity index (χ3v) is 7.30. The number of rotatable bonds is 5. The van der Waals surface area contributed by atoms with Crippen LogP contribution in [0.15, 0.2) is 46.0 Å². The van der Waals surface area contributed by atoms with Gasteiger partial charge in [-0.25, -0.2) is 9.97 Å². The molecule has 178 valence electrons. The van der Waals surface area contributed by atoms with Gasteiger partial charge in [0.1, 0.15) is 11.5 Å². The Morgan fingerprint density at radius 2 is 1.03 bits per heavy atom. The molecule has 0 radical (unpaired) electrons. The average Bonchev–Trinajstić information content (AvgIpc) is 3.44. The van der Waals surface area contributed by atoms with Crippen molar-refractivity contribution in [2.24, 2.45) is 0 Å². The first kappa shape index (κ1) is 24.4. The summed E-state index contributed by atoms with van der Waals surface area (Å²) in [5.74, 6) is 0.626. The van der Waals surface area contributed by atoms with Crippen molar-refractivity contribution in [1.82, 2.24) is 9.97 Å². The number of thiazole rings is 2. The van der Waals surface area contributed by atoms with Crippen molar-refractivity contribution < 1.29 is 10.2 Å². The zero-order valence-corrected chi connectivity index (χ0v) is 22.3. The summed E-state index contributed by atoms with van der Waals surface area (Å²) in [4.78, 5) is 9.14. The first-order chi connectivity index (χ1) is 16.0. The summed E-state index contributed by atoms with van der Waals surface area (Å²) in [5.41, 5.74) is 11.3. The molecule has 0 aliphatic carbocycles. The average molecular weight is 493 g/mol. The summed E-state index contributed by atoms with van der Waals surface area (Å²) < 4.78 is 0. The van der Waals surface area contributed by atoms with Crippen molar-refractivity contribution in [2.75, 3.05) is 0 Å². The smallest absolute Gasteiger partial charge is 0.119 e. The highest BCUT2D eigenvalue weighted by atomic mass is 32.1. The van der Waals surface area contributed by atoms with Crippen LogP contribution >= 0.6 is 22.7 Å².